The molecule has 0 aliphatic heterocycles. The summed E-state index contributed by atoms with van der Waals surface area (Å²) in [7, 11) is 0. The molecule has 0 aromatic heterocycles. The third-order valence-electron chi connectivity index (χ3n) is 15.1. The molecular formula is C53H51N. The summed E-state index contributed by atoms with van der Waals surface area (Å²) < 4.78 is 0. The van der Waals surface area contributed by atoms with Crippen molar-refractivity contribution in [2.75, 3.05) is 4.90 Å². The van der Waals surface area contributed by atoms with E-state index in [4.69, 9.17) is 0 Å². The molecule has 12 rings (SSSR count). The Hall–Kier alpha value is -4.88. The van der Waals surface area contributed by atoms with Crippen molar-refractivity contribution in [2.45, 2.75) is 82.5 Å². The predicted octanol–water partition coefficient (Wildman–Crippen LogP) is 14.2. The lowest BCUT2D eigenvalue weighted by atomic mass is 9.59. The van der Waals surface area contributed by atoms with Gasteiger partial charge in [-0.25, -0.2) is 0 Å². The van der Waals surface area contributed by atoms with Gasteiger partial charge in [-0.3, -0.25) is 0 Å². The first-order valence-corrected chi connectivity index (χ1v) is 20.7. The number of nitrogens with zero attached hydrogens (tertiary/aromatic N) is 1. The van der Waals surface area contributed by atoms with Gasteiger partial charge in [0.25, 0.3) is 0 Å². The minimum Gasteiger partial charge on any atom is -0.310 e. The van der Waals surface area contributed by atoms with E-state index in [1.54, 1.807) is 11.1 Å². The minimum absolute atomic E-state index is 0.130. The van der Waals surface area contributed by atoms with Crippen LogP contribution in [0.2, 0.25) is 0 Å². The molecule has 0 heterocycles. The molecule has 6 aromatic rings. The Balaban J connectivity index is 1.02. The average molecular weight is 702 g/mol. The van der Waals surface area contributed by atoms with E-state index in [0.29, 0.717) is 0 Å². The van der Waals surface area contributed by atoms with Crippen LogP contribution < -0.4 is 4.90 Å². The number of hydrogen-bond donors (Lipinski definition) is 0. The molecular weight excluding hydrogens is 651 g/mol. The molecule has 0 N–H and O–H groups in total. The molecule has 6 aliphatic carbocycles. The second-order valence-corrected chi connectivity index (χ2v) is 18.8. The van der Waals surface area contributed by atoms with Crippen molar-refractivity contribution in [1.29, 1.82) is 0 Å². The number of benzene rings is 6. The fourth-order valence-electron chi connectivity index (χ4n) is 12.6. The summed E-state index contributed by atoms with van der Waals surface area (Å²) in [6.45, 7) is 9.70. The molecule has 4 bridgehead atoms. The summed E-state index contributed by atoms with van der Waals surface area (Å²) in [6, 6.07) is 53.5. The predicted molar refractivity (Wildman–Crippen MR) is 226 cm³/mol. The summed E-state index contributed by atoms with van der Waals surface area (Å²) in [5, 5.41) is 0. The molecule has 0 saturated heterocycles. The molecule has 5 atom stereocenters. The van der Waals surface area contributed by atoms with Crippen molar-refractivity contribution in [2.24, 2.45) is 23.7 Å². The van der Waals surface area contributed by atoms with Gasteiger partial charge in [0.1, 0.15) is 0 Å². The van der Waals surface area contributed by atoms with Gasteiger partial charge < -0.3 is 4.90 Å². The van der Waals surface area contributed by atoms with Crippen LogP contribution in [0.3, 0.4) is 0 Å². The minimum atomic E-state index is 0.130. The van der Waals surface area contributed by atoms with Crippen molar-refractivity contribution >= 4 is 17.1 Å². The van der Waals surface area contributed by atoms with Gasteiger partial charge in [0.2, 0.25) is 0 Å². The zero-order valence-corrected chi connectivity index (χ0v) is 32.3. The zero-order chi connectivity index (χ0) is 36.4. The van der Waals surface area contributed by atoms with Crippen LogP contribution in [0.4, 0.5) is 17.1 Å². The molecule has 5 unspecified atom stereocenters. The van der Waals surface area contributed by atoms with Crippen LogP contribution >= 0.6 is 0 Å². The quantitative estimate of drug-likeness (QED) is 0.173. The average Bonchev–Trinajstić information content (AvgIpc) is 3.74. The van der Waals surface area contributed by atoms with E-state index >= 15 is 0 Å². The second kappa shape index (κ2) is 11.6. The number of hydrogen-bond acceptors (Lipinski definition) is 1. The monoisotopic (exact) mass is 701 g/mol. The molecule has 4 saturated carbocycles. The van der Waals surface area contributed by atoms with E-state index in [1.165, 1.54) is 100 Å². The van der Waals surface area contributed by atoms with Crippen molar-refractivity contribution in [3.05, 3.63) is 162 Å². The van der Waals surface area contributed by atoms with Crippen molar-refractivity contribution in [3.8, 4) is 33.4 Å². The number of fused-ring (bicyclic) bond motifs is 4. The van der Waals surface area contributed by atoms with E-state index in [1.807, 2.05) is 0 Å². The molecule has 6 aliphatic rings. The van der Waals surface area contributed by atoms with Gasteiger partial charge in [0, 0.05) is 22.5 Å². The van der Waals surface area contributed by atoms with Crippen LogP contribution in [-0.4, -0.2) is 0 Å². The van der Waals surface area contributed by atoms with Crippen LogP contribution in [0, 0.1) is 23.7 Å². The molecule has 1 heteroatoms. The molecule has 0 radical (unpaired) electrons. The van der Waals surface area contributed by atoms with Gasteiger partial charge >= 0.3 is 0 Å². The standard InChI is InChI=1S/C53H51N/c1-51(2)25-26-52(3,4)50-33-43(22-24-47(50)51)54(42-14-10-13-37(31-42)35-11-6-5-7-12-35)41-20-17-36(18-21-41)38-19-23-45-44-15-8-9-16-46(44)53(49(45)32-38)40-28-34-27-39(30-40)48(53)29-34/h5-24,31-34,39-40,48H,25-30H2,1-4H3. The summed E-state index contributed by atoms with van der Waals surface area (Å²) in [6.07, 6.45) is 8.14. The third kappa shape index (κ3) is 4.63. The van der Waals surface area contributed by atoms with Crippen molar-refractivity contribution in [1.82, 2.24) is 0 Å². The molecule has 6 aromatic carbocycles. The maximum absolute atomic E-state index is 2.62. The third-order valence-corrected chi connectivity index (χ3v) is 15.1. The van der Waals surface area contributed by atoms with Crippen LogP contribution in [-0.2, 0) is 16.2 Å². The Kier molecular flexibility index (Phi) is 6.97. The fourth-order valence-corrected chi connectivity index (χ4v) is 12.6. The Morgan fingerprint density at radius 1 is 0.444 bits per heavy atom. The highest BCUT2D eigenvalue weighted by Crippen LogP contribution is 2.73. The smallest absolute Gasteiger partial charge is 0.0467 e. The fraction of sp³-hybridized carbons (Fsp3) is 0.321. The summed E-state index contributed by atoms with van der Waals surface area (Å²) in [5.41, 5.74) is 18.4. The molecule has 0 amide bonds. The highest BCUT2D eigenvalue weighted by molar-refractivity contribution is 5.86. The van der Waals surface area contributed by atoms with Gasteiger partial charge in [-0.1, -0.05) is 125 Å². The van der Waals surface area contributed by atoms with Gasteiger partial charge in [-0.05, 0) is 171 Å². The maximum Gasteiger partial charge on any atom is 0.0467 e. The first-order valence-electron chi connectivity index (χ1n) is 20.7. The number of rotatable bonds is 5. The highest BCUT2D eigenvalue weighted by atomic mass is 15.1. The lowest BCUT2D eigenvalue weighted by molar-refractivity contribution is 0.191. The second-order valence-electron chi connectivity index (χ2n) is 18.8. The van der Waals surface area contributed by atoms with Gasteiger partial charge in [-0.15, -0.1) is 0 Å². The zero-order valence-electron chi connectivity index (χ0n) is 32.3. The Labute approximate surface area is 322 Å². The molecule has 54 heavy (non-hydrogen) atoms. The largest absolute Gasteiger partial charge is 0.310 e. The number of anilines is 3. The maximum atomic E-state index is 2.62. The van der Waals surface area contributed by atoms with Crippen molar-refractivity contribution in [3.63, 3.8) is 0 Å². The molecule has 1 spiro atoms. The van der Waals surface area contributed by atoms with Crippen LogP contribution in [0.25, 0.3) is 33.4 Å². The Bertz CT molecular complexity index is 2430. The van der Waals surface area contributed by atoms with Crippen LogP contribution in [0.1, 0.15) is 88.5 Å². The van der Waals surface area contributed by atoms with E-state index in [0.717, 1.165) is 23.7 Å². The summed E-state index contributed by atoms with van der Waals surface area (Å²) in [5.74, 6) is 3.45. The van der Waals surface area contributed by atoms with Gasteiger partial charge in [0.15, 0.2) is 0 Å². The Morgan fingerprint density at radius 3 is 1.91 bits per heavy atom. The van der Waals surface area contributed by atoms with E-state index in [9.17, 15) is 0 Å². The van der Waals surface area contributed by atoms with Crippen LogP contribution in [0.15, 0.2) is 140 Å². The van der Waals surface area contributed by atoms with E-state index in [-0.39, 0.29) is 16.2 Å². The molecule has 1 nitrogen and oxygen atoms in total. The first kappa shape index (κ1) is 32.5. The van der Waals surface area contributed by atoms with E-state index in [2.05, 4.69) is 172 Å². The SMILES string of the molecule is CC1(C)CCC(C)(C)c2cc(N(c3ccc(-c4ccc5c(c4)C4(c6ccccc6-5)C5CC6CC(C5)C4C6)cc3)c3cccc(-c4ccccc4)c3)ccc21. The molecule has 4 fully saturated rings. The van der Waals surface area contributed by atoms with E-state index < -0.39 is 0 Å². The molecule has 268 valence electrons. The van der Waals surface area contributed by atoms with Gasteiger partial charge in [-0.2, -0.15) is 0 Å². The van der Waals surface area contributed by atoms with Crippen molar-refractivity contribution < 1.29 is 0 Å². The highest BCUT2D eigenvalue weighted by Gasteiger charge is 2.65. The van der Waals surface area contributed by atoms with Crippen LogP contribution in [0.5, 0.6) is 0 Å². The van der Waals surface area contributed by atoms with Gasteiger partial charge in [0.05, 0.1) is 0 Å². The normalized spacial score (nSPS) is 26.1. The Morgan fingerprint density at radius 2 is 1.09 bits per heavy atom. The lowest BCUT2D eigenvalue weighted by Crippen LogP contribution is -2.40. The summed E-state index contributed by atoms with van der Waals surface area (Å²) in [4.78, 5) is 2.48. The lowest BCUT2D eigenvalue weighted by Gasteiger charge is -2.44. The first-order chi connectivity index (χ1) is 26.2. The topological polar surface area (TPSA) is 3.24 Å². The summed E-state index contributed by atoms with van der Waals surface area (Å²) >= 11 is 0.